The Bertz CT molecular complexity index is 237. The first kappa shape index (κ1) is 16.3. The third-order valence-corrected chi connectivity index (χ3v) is 4.87. The Balaban J connectivity index is 0.00000162. The van der Waals surface area contributed by atoms with Gasteiger partial charge in [0.25, 0.3) is 0 Å². The van der Waals surface area contributed by atoms with E-state index in [9.17, 15) is 0 Å². The summed E-state index contributed by atoms with van der Waals surface area (Å²) >= 11 is 0. The normalized spacial score (nSPS) is 34.3. The van der Waals surface area contributed by atoms with Crippen molar-refractivity contribution in [1.29, 1.82) is 0 Å². The van der Waals surface area contributed by atoms with E-state index in [0.717, 1.165) is 11.8 Å². The van der Waals surface area contributed by atoms with E-state index < -0.39 is 0 Å². The minimum absolute atomic E-state index is 0. The van der Waals surface area contributed by atoms with Gasteiger partial charge in [-0.05, 0) is 62.6 Å². The van der Waals surface area contributed by atoms with E-state index in [1.54, 1.807) is 0 Å². The van der Waals surface area contributed by atoms with Gasteiger partial charge in [0.1, 0.15) is 0 Å². The summed E-state index contributed by atoms with van der Waals surface area (Å²) in [5.41, 5.74) is 0.539. The van der Waals surface area contributed by atoms with Crippen molar-refractivity contribution < 1.29 is 0 Å². The molecule has 3 heteroatoms. The van der Waals surface area contributed by atoms with Gasteiger partial charge in [-0.3, -0.25) is 0 Å². The molecule has 2 atom stereocenters. The van der Waals surface area contributed by atoms with Crippen LogP contribution in [0, 0.1) is 17.3 Å². The van der Waals surface area contributed by atoms with Gasteiger partial charge in [-0.25, -0.2) is 0 Å². The van der Waals surface area contributed by atoms with Gasteiger partial charge in [-0.15, -0.1) is 12.4 Å². The lowest BCUT2D eigenvalue weighted by Crippen LogP contribution is -2.38. The predicted molar refractivity (Wildman–Crippen MR) is 81.5 cm³/mol. The van der Waals surface area contributed by atoms with Crippen LogP contribution in [0.2, 0.25) is 0 Å². The standard InChI is InChI=1S/C15H30N2.ClH/c1-13(2)14-5-4-9-17(10-6-14)12-15(3)7-8-16-11-15;/h13-14,16H,4-12H2,1-3H3;1H. The average molecular weight is 275 g/mol. The van der Waals surface area contributed by atoms with E-state index in [1.165, 1.54) is 58.4 Å². The SMILES string of the molecule is CC(C)C1CCCN(CC2(C)CCNC2)CC1.Cl. The lowest BCUT2D eigenvalue weighted by Gasteiger charge is -2.31. The number of nitrogens with zero attached hydrogens (tertiary/aromatic N) is 1. The third-order valence-electron chi connectivity index (χ3n) is 4.87. The largest absolute Gasteiger partial charge is 0.316 e. The first-order valence-corrected chi connectivity index (χ1v) is 7.52. The van der Waals surface area contributed by atoms with Crippen molar-refractivity contribution in [2.75, 3.05) is 32.7 Å². The van der Waals surface area contributed by atoms with Gasteiger partial charge in [0, 0.05) is 13.1 Å². The number of nitrogens with one attached hydrogen (secondary N) is 1. The van der Waals surface area contributed by atoms with Crippen molar-refractivity contribution in [3.8, 4) is 0 Å². The second-order valence-corrected chi connectivity index (χ2v) is 6.95. The van der Waals surface area contributed by atoms with Crippen molar-refractivity contribution in [2.24, 2.45) is 17.3 Å². The summed E-state index contributed by atoms with van der Waals surface area (Å²) < 4.78 is 0. The molecular formula is C15H31ClN2. The summed E-state index contributed by atoms with van der Waals surface area (Å²) in [7, 11) is 0. The van der Waals surface area contributed by atoms with Crippen LogP contribution in [0.1, 0.15) is 46.5 Å². The Hall–Kier alpha value is 0.210. The highest BCUT2D eigenvalue weighted by Gasteiger charge is 2.31. The van der Waals surface area contributed by atoms with Crippen LogP contribution < -0.4 is 5.32 Å². The van der Waals surface area contributed by atoms with E-state index in [1.807, 2.05) is 0 Å². The minimum atomic E-state index is 0. The topological polar surface area (TPSA) is 15.3 Å². The van der Waals surface area contributed by atoms with Gasteiger partial charge in [0.15, 0.2) is 0 Å². The molecule has 1 N–H and O–H groups in total. The summed E-state index contributed by atoms with van der Waals surface area (Å²) in [5, 5.41) is 3.52. The maximum Gasteiger partial charge on any atom is 0.00480 e. The molecule has 2 aliphatic heterocycles. The molecule has 108 valence electrons. The van der Waals surface area contributed by atoms with Crippen LogP contribution in [0.5, 0.6) is 0 Å². The highest BCUT2D eigenvalue weighted by Crippen LogP contribution is 2.29. The zero-order chi connectivity index (χ0) is 12.3. The smallest absolute Gasteiger partial charge is 0.00480 e. The van der Waals surface area contributed by atoms with Crippen LogP contribution >= 0.6 is 12.4 Å². The quantitative estimate of drug-likeness (QED) is 0.851. The number of rotatable bonds is 3. The molecule has 0 bridgehead atoms. The fourth-order valence-corrected chi connectivity index (χ4v) is 3.55. The molecule has 0 aromatic heterocycles. The summed E-state index contributed by atoms with van der Waals surface area (Å²) in [6.07, 6.45) is 5.63. The molecule has 2 saturated heterocycles. The van der Waals surface area contributed by atoms with E-state index in [-0.39, 0.29) is 12.4 Å². The molecule has 2 fully saturated rings. The molecule has 2 nitrogen and oxygen atoms in total. The Labute approximate surface area is 119 Å². The molecule has 2 unspecified atom stereocenters. The molecule has 2 aliphatic rings. The van der Waals surface area contributed by atoms with Crippen molar-refractivity contribution in [1.82, 2.24) is 10.2 Å². The summed E-state index contributed by atoms with van der Waals surface area (Å²) in [6.45, 7) is 13.7. The second-order valence-electron chi connectivity index (χ2n) is 6.95. The van der Waals surface area contributed by atoms with Gasteiger partial charge < -0.3 is 10.2 Å². The molecule has 0 aromatic carbocycles. The highest BCUT2D eigenvalue weighted by molar-refractivity contribution is 5.85. The molecule has 0 amide bonds. The summed E-state index contributed by atoms with van der Waals surface area (Å²) in [4.78, 5) is 2.73. The fourth-order valence-electron chi connectivity index (χ4n) is 3.55. The lowest BCUT2D eigenvalue weighted by atomic mass is 9.88. The summed E-state index contributed by atoms with van der Waals surface area (Å²) in [6, 6.07) is 0. The van der Waals surface area contributed by atoms with E-state index in [4.69, 9.17) is 0 Å². The fraction of sp³-hybridized carbons (Fsp3) is 1.00. The van der Waals surface area contributed by atoms with Crippen molar-refractivity contribution in [3.05, 3.63) is 0 Å². The molecule has 2 rings (SSSR count). The average Bonchev–Trinajstić information content (AvgIpc) is 2.56. The van der Waals surface area contributed by atoms with Crippen LogP contribution in [0.4, 0.5) is 0 Å². The molecule has 0 aliphatic carbocycles. The Morgan fingerprint density at radius 2 is 2.06 bits per heavy atom. The Morgan fingerprint density at radius 3 is 2.67 bits per heavy atom. The highest BCUT2D eigenvalue weighted by atomic mass is 35.5. The van der Waals surface area contributed by atoms with Crippen LogP contribution in [0.15, 0.2) is 0 Å². The lowest BCUT2D eigenvalue weighted by molar-refractivity contribution is 0.179. The Morgan fingerprint density at radius 1 is 1.28 bits per heavy atom. The number of hydrogen-bond donors (Lipinski definition) is 1. The monoisotopic (exact) mass is 274 g/mol. The van der Waals surface area contributed by atoms with E-state index in [2.05, 4.69) is 31.0 Å². The molecule has 0 spiro atoms. The number of hydrogen-bond acceptors (Lipinski definition) is 2. The van der Waals surface area contributed by atoms with Gasteiger partial charge in [-0.2, -0.15) is 0 Å². The Kier molecular flexibility index (Phi) is 6.43. The van der Waals surface area contributed by atoms with Crippen LogP contribution in [-0.4, -0.2) is 37.6 Å². The molecule has 0 radical (unpaired) electrons. The molecule has 18 heavy (non-hydrogen) atoms. The predicted octanol–water partition coefficient (Wildman–Crippen LogP) is 3.17. The molecule has 2 heterocycles. The zero-order valence-corrected chi connectivity index (χ0v) is 13.2. The first-order valence-electron chi connectivity index (χ1n) is 7.52. The molecular weight excluding hydrogens is 244 g/mol. The second kappa shape index (κ2) is 7.12. The molecule has 0 aromatic rings. The van der Waals surface area contributed by atoms with Gasteiger partial charge in [-0.1, -0.05) is 20.8 Å². The van der Waals surface area contributed by atoms with Crippen LogP contribution in [0.3, 0.4) is 0 Å². The van der Waals surface area contributed by atoms with E-state index >= 15 is 0 Å². The molecule has 0 saturated carbocycles. The first-order chi connectivity index (χ1) is 8.09. The minimum Gasteiger partial charge on any atom is -0.316 e. The number of halogens is 1. The summed E-state index contributed by atoms with van der Waals surface area (Å²) in [5.74, 6) is 1.84. The van der Waals surface area contributed by atoms with Gasteiger partial charge >= 0.3 is 0 Å². The van der Waals surface area contributed by atoms with Gasteiger partial charge in [0.2, 0.25) is 0 Å². The third kappa shape index (κ3) is 4.40. The maximum absolute atomic E-state index is 3.52. The number of likely N-dealkylation sites (tertiary alicyclic amines) is 1. The van der Waals surface area contributed by atoms with Gasteiger partial charge in [0.05, 0.1) is 0 Å². The zero-order valence-electron chi connectivity index (χ0n) is 12.4. The van der Waals surface area contributed by atoms with Crippen LogP contribution in [-0.2, 0) is 0 Å². The van der Waals surface area contributed by atoms with Crippen molar-refractivity contribution in [2.45, 2.75) is 46.5 Å². The van der Waals surface area contributed by atoms with Crippen molar-refractivity contribution in [3.63, 3.8) is 0 Å². The van der Waals surface area contributed by atoms with Crippen molar-refractivity contribution >= 4 is 12.4 Å². The van der Waals surface area contributed by atoms with E-state index in [0.29, 0.717) is 5.41 Å². The van der Waals surface area contributed by atoms with Crippen LogP contribution in [0.25, 0.3) is 0 Å². The maximum atomic E-state index is 3.52.